The number of carbonyl (C=O) groups is 1. The maximum atomic E-state index is 11.7. The first-order chi connectivity index (χ1) is 9.16. The number of nitrogens with one attached hydrogen (secondary N) is 1. The van der Waals surface area contributed by atoms with E-state index in [9.17, 15) is 4.79 Å². The summed E-state index contributed by atoms with van der Waals surface area (Å²) in [6.45, 7) is 3.66. The summed E-state index contributed by atoms with van der Waals surface area (Å²) < 4.78 is 6.05. The molecule has 4 nitrogen and oxygen atoms in total. The van der Waals surface area contributed by atoms with Crippen LogP contribution in [0.4, 0.5) is 0 Å². The third-order valence-electron chi connectivity index (χ3n) is 4.75. The van der Waals surface area contributed by atoms with Crippen molar-refractivity contribution in [3.8, 4) is 0 Å². The van der Waals surface area contributed by atoms with E-state index in [0.717, 1.165) is 38.3 Å². The van der Waals surface area contributed by atoms with Crippen molar-refractivity contribution in [2.45, 2.75) is 69.9 Å². The number of likely N-dealkylation sites (N-methyl/N-ethyl adjacent to an activating group) is 1. The van der Waals surface area contributed by atoms with Crippen LogP contribution >= 0.6 is 0 Å². The molecule has 0 aromatic rings. The lowest BCUT2D eigenvalue weighted by molar-refractivity contribution is -0.124. The molecule has 2 aliphatic rings. The van der Waals surface area contributed by atoms with Crippen molar-refractivity contribution in [1.29, 1.82) is 0 Å². The lowest BCUT2D eigenvalue weighted by Gasteiger charge is -2.27. The number of nitrogens with two attached hydrogens (primary N) is 1. The highest BCUT2D eigenvalue weighted by molar-refractivity contribution is 5.85. The summed E-state index contributed by atoms with van der Waals surface area (Å²) in [6, 6.07) is 0. The fourth-order valence-electron chi connectivity index (χ4n) is 3.58. The normalized spacial score (nSPS) is 32.6. The summed E-state index contributed by atoms with van der Waals surface area (Å²) in [4.78, 5) is 11.7. The molecule has 0 aromatic heterocycles. The van der Waals surface area contributed by atoms with Gasteiger partial charge in [0.25, 0.3) is 0 Å². The zero-order chi connectivity index (χ0) is 13.7. The summed E-state index contributed by atoms with van der Waals surface area (Å²) in [5.41, 5.74) is 5.04. The molecule has 0 bridgehead atoms. The predicted molar refractivity (Wildman–Crippen MR) is 75.8 cm³/mol. The van der Waals surface area contributed by atoms with Crippen LogP contribution in [0.2, 0.25) is 0 Å². The van der Waals surface area contributed by atoms with Gasteiger partial charge in [-0.05, 0) is 38.1 Å². The Labute approximate surface area is 116 Å². The van der Waals surface area contributed by atoms with Gasteiger partial charge < -0.3 is 15.8 Å². The van der Waals surface area contributed by atoms with Crippen LogP contribution in [0, 0.1) is 5.92 Å². The molecule has 2 rings (SSSR count). The predicted octanol–water partition coefficient (Wildman–Crippen LogP) is 1.97. The Morgan fingerprint density at radius 3 is 2.68 bits per heavy atom. The maximum absolute atomic E-state index is 11.7. The van der Waals surface area contributed by atoms with E-state index in [-0.39, 0.29) is 12.0 Å². The summed E-state index contributed by atoms with van der Waals surface area (Å²) >= 11 is 0. The largest absolute Gasteiger partial charge is 0.378 e. The van der Waals surface area contributed by atoms with Gasteiger partial charge in [-0.1, -0.05) is 26.2 Å². The SMILES string of the molecule is CCNC1(C(N)=O)CCC(OCC2CCCCC2)C1. The highest BCUT2D eigenvalue weighted by Gasteiger charge is 2.43. The Hall–Kier alpha value is -0.610. The Balaban J connectivity index is 1.78. The average molecular weight is 268 g/mol. The fraction of sp³-hybridized carbons (Fsp3) is 0.933. The van der Waals surface area contributed by atoms with Gasteiger partial charge in [0.05, 0.1) is 6.10 Å². The molecule has 1 amide bonds. The second-order valence-corrected chi connectivity index (χ2v) is 6.18. The number of carbonyl (C=O) groups excluding carboxylic acids is 1. The molecular weight excluding hydrogens is 240 g/mol. The molecule has 0 heterocycles. The molecule has 3 N–H and O–H groups in total. The van der Waals surface area contributed by atoms with Gasteiger partial charge in [-0.2, -0.15) is 0 Å². The molecule has 0 spiro atoms. The van der Waals surface area contributed by atoms with Gasteiger partial charge in [0.1, 0.15) is 5.54 Å². The van der Waals surface area contributed by atoms with E-state index in [1.165, 1.54) is 32.1 Å². The van der Waals surface area contributed by atoms with Crippen molar-refractivity contribution in [3.05, 3.63) is 0 Å². The molecule has 2 fully saturated rings. The van der Waals surface area contributed by atoms with Gasteiger partial charge in [0.2, 0.25) is 5.91 Å². The molecule has 110 valence electrons. The van der Waals surface area contributed by atoms with Crippen molar-refractivity contribution in [2.75, 3.05) is 13.2 Å². The van der Waals surface area contributed by atoms with Crippen molar-refractivity contribution < 1.29 is 9.53 Å². The molecule has 2 aliphatic carbocycles. The van der Waals surface area contributed by atoms with E-state index in [4.69, 9.17) is 10.5 Å². The average Bonchev–Trinajstić information content (AvgIpc) is 2.83. The number of rotatable bonds is 6. The molecule has 0 radical (unpaired) electrons. The van der Waals surface area contributed by atoms with Crippen LogP contribution in [0.5, 0.6) is 0 Å². The van der Waals surface area contributed by atoms with Gasteiger partial charge in [-0.25, -0.2) is 0 Å². The minimum absolute atomic E-state index is 0.202. The Kier molecular flexibility index (Phi) is 5.22. The highest BCUT2D eigenvalue weighted by atomic mass is 16.5. The summed E-state index contributed by atoms with van der Waals surface area (Å²) in [5, 5.41) is 3.27. The first-order valence-electron chi connectivity index (χ1n) is 7.83. The quantitative estimate of drug-likeness (QED) is 0.774. The third kappa shape index (κ3) is 3.69. The van der Waals surface area contributed by atoms with E-state index in [1.807, 2.05) is 6.92 Å². The molecule has 2 unspecified atom stereocenters. The lowest BCUT2D eigenvalue weighted by atomic mass is 9.90. The number of primary amides is 1. The molecule has 2 atom stereocenters. The van der Waals surface area contributed by atoms with Crippen molar-refractivity contribution in [3.63, 3.8) is 0 Å². The molecule has 0 aliphatic heterocycles. The molecular formula is C15H28N2O2. The molecule has 19 heavy (non-hydrogen) atoms. The number of hydrogen-bond acceptors (Lipinski definition) is 3. The van der Waals surface area contributed by atoms with Crippen LogP contribution in [0.3, 0.4) is 0 Å². The number of hydrogen-bond donors (Lipinski definition) is 2. The van der Waals surface area contributed by atoms with E-state index in [2.05, 4.69) is 5.32 Å². The zero-order valence-electron chi connectivity index (χ0n) is 12.1. The summed E-state index contributed by atoms with van der Waals surface area (Å²) in [6.07, 6.45) is 9.39. The second kappa shape index (κ2) is 6.71. The van der Waals surface area contributed by atoms with Crippen molar-refractivity contribution >= 4 is 5.91 Å². The van der Waals surface area contributed by atoms with Crippen molar-refractivity contribution in [1.82, 2.24) is 5.32 Å². The van der Waals surface area contributed by atoms with Crippen molar-refractivity contribution in [2.24, 2.45) is 11.7 Å². The Bertz CT molecular complexity index is 303. The van der Waals surface area contributed by atoms with E-state index < -0.39 is 5.54 Å². The standard InChI is InChI=1S/C15H28N2O2/c1-2-17-15(14(16)18)9-8-13(10-15)19-11-12-6-4-3-5-7-12/h12-13,17H,2-11H2,1H3,(H2,16,18). The van der Waals surface area contributed by atoms with Crippen LogP contribution in [0.25, 0.3) is 0 Å². The lowest BCUT2D eigenvalue weighted by Crippen LogP contribution is -2.53. The first-order valence-corrected chi connectivity index (χ1v) is 7.83. The van der Waals surface area contributed by atoms with Crippen LogP contribution in [0.15, 0.2) is 0 Å². The smallest absolute Gasteiger partial charge is 0.237 e. The van der Waals surface area contributed by atoms with Gasteiger partial charge >= 0.3 is 0 Å². The molecule has 0 saturated heterocycles. The van der Waals surface area contributed by atoms with Gasteiger partial charge in [-0.15, -0.1) is 0 Å². The van der Waals surface area contributed by atoms with Crippen LogP contribution in [-0.4, -0.2) is 30.7 Å². The topological polar surface area (TPSA) is 64.3 Å². The molecule has 2 saturated carbocycles. The second-order valence-electron chi connectivity index (χ2n) is 6.18. The van der Waals surface area contributed by atoms with Gasteiger partial charge in [-0.3, -0.25) is 4.79 Å². The first kappa shape index (κ1) is 14.8. The number of amides is 1. The van der Waals surface area contributed by atoms with Crippen LogP contribution < -0.4 is 11.1 Å². The zero-order valence-corrected chi connectivity index (χ0v) is 12.1. The van der Waals surface area contributed by atoms with Gasteiger partial charge in [0.15, 0.2) is 0 Å². The third-order valence-corrected chi connectivity index (χ3v) is 4.75. The van der Waals surface area contributed by atoms with Crippen LogP contribution in [-0.2, 0) is 9.53 Å². The number of ether oxygens (including phenoxy) is 1. The van der Waals surface area contributed by atoms with E-state index >= 15 is 0 Å². The van der Waals surface area contributed by atoms with Gasteiger partial charge in [0, 0.05) is 13.0 Å². The molecule has 0 aromatic carbocycles. The monoisotopic (exact) mass is 268 g/mol. The summed E-state index contributed by atoms with van der Waals surface area (Å²) in [7, 11) is 0. The molecule has 4 heteroatoms. The van der Waals surface area contributed by atoms with E-state index in [0.29, 0.717) is 0 Å². The minimum atomic E-state index is -0.522. The summed E-state index contributed by atoms with van der Waals surface area (Å²) in [5.74, 6) is 0.509. The van der Waals surface area contributed by atoms with E-state index in [1.54, 1.807) is 0 Å². The minimum Gasteiger partial charge on any atom is -0.378 e. The van der Waals surface area contributed by atoms with Crippen LogP contribution in [0.1, 0.15) is 58.3 Å². The Morgan fingerprint density at radius 1 is 1.32 bits per heavy atom. The highest BCUT2D eigenvalue weighted by Crippen LogP contribution is 2.33. The Morgan fingerprint density at radius 2 is 2.05 bits per heavy atom. The maximum Gasteiger partial charge on any atom is 0.237 e. The fourth-order valence-corrected chi connectivity index (χ4v) is 3.58.